The normalized spacial score (nSPS) is 21.7. The van der Waals surface area contributed by atoms with Crippen LogP contribution in [0, 0.1) is 5.92 Å². The Hall–Kier alpha value is -0.610. The first-order valence-electron chi connectivity index (χ1n) is 5.76. The molecule has 2 atom stereocenters. The second-order valence-electron chi connectivity index (χ2n) is 4.76. The van der Waals surface area contributed by atoms with Gasteiger partial charge >= 0.3 is 0 Å². The van der Waals surface area contributed by atoms with Crippen molar-refractivity contribution < 1.29 is 9.90 Å². The lowest BCUT2D eigenvalue weighted by molar-refractivity contribution is -0.131. The van der Waals surface area contributed by atoms with Gasteiger partial charge in [-0.05, 0) is 18.8 Å². The fraction of sp³-hybridized carbons (Fsp3) is 0.909. The minimum atomic E-state index is -1.08. The predicted molar refractivity (Wildman–Crippen MR) is 59.2 cm³/mol. The number of carbonyl (C=O) groups is 1. The van der Waals surface area contributed by atoms with Gasteiger partial charge in [-0.3, -0.25) is 4.79 Å². The summed E-state index contributed by atoms with van der Waals surface area (Å²) in [6.45, 7) is 3.80. The van der Waals surface area contributed by atoms with E-state index >= 15 is 0 Å². The van der Waals surface area contributed by atoms with Crippen molar-refractivity contribution in [1.82, 2.24) is 5.32 Å². The summed E-state index contributed by atoms with van der Waals surface area (Å²) in [6, 6.07) is -0.238. The summed E-state index contributed by atoms with van der Waals surface area (Å²) in [4.78, 5) is 11.6. The Balaban J connectivity index is 2.38. The zero-order chi connectivity index (χ0) is 11.4. The number of aliphatic hydroxyl groups excluding tert-OH is 1. The number of carbonyl (C=O) groups excluding carboxylic acids is 1. The van der Waals surface area contributed by atoms with E-state index in [9.17, 15) is 9.90 Å². The number of aliphatic hydroxyl groups is 1. The number of rotatable bonds is 4. The molecule has 4 heteroatoms. The van der Waals surface area contributed by atoms with Crippen LogP contribution in [0.25, 0.3) is 0 Å². The lowest BCUT2D eigenvalue weighted by Crippen LogP contribution is -2.50. The molecule has 0 aromatic carbocycles. The van der Waals surface area contributed by atoms with E-state index < -0.39 is 12.1 Å². The third-order valence-electron chi connectivity index (χ3n) is 3.10. The second kappa shape index (κ2) is 5.47. The molecule has 4 nitrogen and oxygen atoms in total. The topological polar surface area (TPSA) is 75.3 Å². The molecule has 0 saturated heterocycles. The number of hydrogen-bond donors (Lipinski definition) is 3. The molecule has 4 N–H and O–H groups in total. The Bertz CT molecular complexity index is 213. The van der Waals surface area contributed by atoms with E-state index in [0.717, 1.165) is 25.7 Å². The van der Waals surface area contributed by atoms with Gasteiger partial charge in [-0.25, -0.2) is 0 Å². The molecule has 1 aliphatic rings. The van der Waals surface area contributed by atoms with Crippen LogP contribution in [-0.2, 0) is 4.79 Å². The van der Waals surface area contributed by atoms with Crippen LogP contribution in [0.3, 0.4) is 0 Å². The molecule has 0 radical (unpaired) electrons. The Morgan fingerprint density at radius 3 is 2.40 bits per heavy atom. The van der Waals surface area contributed by atoms with Gasteiger partial charge < -0.3 is 16.2 Å². The Morgan fingerprint density at radius 2 is 1.93 bits per heavy atom. The number of nitrogens with one attached hydrogen (secondary N) is 1. The number of hydrogen-bond acceptors (Lipinski definition) is 3. The maximum absolute atomic E-state index is 11.6. The standard InChI is InChI=1S/C11H22N2O2/c1-7(2)9(12)10(14)11(15)13-8-5-3-4-6-8/h7-10,14H,3-6,12H2,1-2H3,(H,13,15). The SMILES string of the molecule is CC(C)C(N)C(O)C(=O)NC1CCCC1. The molecule has 88 valence electrons. The average molecular weight is 214 g/mol. The molecule has 1 saturated carbocycles. The van der Waals surface area contributed by atoms with Crippen molar-refractivity contribution in [2.24, 2.45) is 11.7 Å². The van der Waals surface area contributed by atoms with Gasteiger partial charge in [0.05, 0.1) is 0 Å². The first kappa shape index (κ1) is 12.5. The monoisotopic (exact) mass is 214 g/mol. The fourth-order valence-electron chi connectivity index (χ4n) is 1.90. The van der Waals surface area contributed by atoms with Crippen LogP contribution in [0.2, 0.25) is 0 Å². The highest BCUT2D eigenvalue weighted by Gasteiger charge is 2.27. The van der Waals surface area contributed by atoms with Gasteiger partial charge in [-0.2, -0.15) is 0 Å². The lowest BCUT2D eigenvalue weighted by Gasteiger charge is -2.23. The summed E-state index contributed by atoms with van der Waals surface area (Å²) < 4.78 is 0. The average Bonchev–Trinajstić information content (AvgIpc) is 2.67. The van der Waals surface area contributed by atoms with E-state index in [1.807, 2.05) is 13.8 Å². The maximum atomic E-state index is 11.6. The van der Waals surface area contributed by atoms with Crippen LogP contribution in [0.1, 0.15) is 39.5 Å². The minimum Gasteiger partial charge on any atom is -0.382 e. The van der Waals surface area contributed by atoms with E-state index in [2.05, 4.69) is 5.32 Å². The van der Waals surface area contributed by atoms with Crippen molar-refractivity contribution in [2.75, 3.05) is 0 Å². The molecule has 0 aliphatic heterocycles. The predicted octanol–water partition coefficient (Wildman–Crippen LogP) is 0.389. The highest BCUT2D eigenvalue weighted by molar-refractivity contribution is 5.81. The van der Waals surface area contributed by atoms with Crippen LogP contribution in [0.4, 0.5) is 0 Å². The summed E-state index contributed by atoms with van der Waals surface area (Å²) in [6.07, 6.45) is 3.30. The van der Waals surface area contributed by atoms with Gasteiger partial charge in [0.1, 0.15) is 6.10 Å². The lowest BCUT2D eigenvalue weighted by atomic mass is 9.99. The summed E-state index contributed by atoms with van der Waals surface area (Å²) in [5.74, 6) is -0.211. The van der Waals surface area contributed by atoms with Crippen molar-refractivity contribution in [3.05, 3.63) is 0 Å². The second-order valence-corrected chi connectivity index (χ2v) is 4.76. The number of nitrogens with two attached hydrogens (primary N) is 1. The van der Waals surface area contributed by atoms with E-state index in [1.165, 1.54) is 0 Å². The quantitative estimate of drug-likeness (QED) is 0.633. The number of amides is 1. The molecule has 0 bridgehead atoms. The van der Waals surface area contributed by atoms with Gasteiger partial charge in [0.2, 0.25) is 0 Å². The molecule has 2 unspecified atom stereocenters. The smallest absolute Gasteiger partial charge is 0.250 e. The van der Waals surface area contributed by atoms with Gasteiger partial charge in [0, 0.05) is 12.1 Å². The molecule has 0 aromatic rings. The highest BCUT2D eigenvalue weighted by Crippen LogP contribution is 2.18. The summed E-state index contributed by atoms with van der Waals surface area (Å²) >= 11 is 0. The first-order chi connectivity index (χ1) is 7.02. The highest BCUT2D eigenvalue weighted by atomic mass is 16.3. The van der Waals surface area contributed by atoms with Gasteiger partial charge in [-0.15, -0.1) is 0 Å². The summed E-state index contributed by atoms with van der Waals surface area (Å²) in [5, 5.41) is 12.5. The zero-order valence-corrected chi connectivity index (χ0v) is 9.57. The van der Waals surface area contributed by atoms with Crippen LogP contribution >= 0.6 is 0 Å². The molecular formula is C11H22N2O2. The molecule has 15 heavy (non-hydrogen) atoms. The van der Waals surface area contributed by atoms with Crippen molar-refractivity contribution >= 4 is 5.91 Å². The third-order valence-corrected chi connectivity index (χ3v) is 3.10. The van der Waals surface area contributed by atoms with Crippen LogP contribution < -0.4 is 11.1 Å². The van der Waals surface area contributed by atoms with Gasteiger partial charge in [-0.1, -0.05) is 26.7 Å². The first-order valence-corrected chi connectivity index (χ1v) is 5.76. The van der Waals surface area contributed by atoms with Crippen molar-refractivity contribution in [3.8, 4) is 0 Å². The van der Waals surface area contributed by atoms with E-state index in [-0.39, 0.29) is 17.9 Å². The minimum absolute atomic E-state index is 0.106. The maximum Gasteiger partial charge on any atom is 0.250 e. The molecule has 1 amide bonds. The molecule has 1 aliphatic carbocycles. The Morgan fingerprint density at radius 1 is 1.40 bits per heavy atom. The van der Waals surface area contributed by atoms with Crippen molar-refractivity contribution in [3.63, 3.8) is 0 Å². The largest absolute Gasteiger partial charge is 0.382 e. The third kappa shape index (κ3) is 3.47. The molecule has 0 heterocycles. The van der Waals surface area contributed by atoms with E-state index in [0.29, 0.717) is 0 Å². The van der Waals surface area contributed by atoms with Gasteiger partial charge in [0.25, 0.3) is 5.91 Å². The van der Waals surface area contributed by atoms with E-state index in [1.54, 1.807) is 0 Å². The molecule has 0 aromatic heterocycles. The molecule has 1 fully saturated rings. The van der Waals surface area contributed by atoms with E-state index in [4.69, 9.17) is 5.73 Å². The Kier molecular flexibility index (Phi) is 4.54. The zero-order valence-electron chi connectivity index (χ0n) is 9.57. The molecule has 1 rings (SSSR count). The van der Waals surface area contributed by atoms with Crippen molar-refractivity contribution in [1.29, 1.82) is 0 Å². The van der Waals surface area contributed by atoms with Crippen LogP contribution in [0.5, 0.6) is 0 Å². The molecule has 0 spiro atoms. The summed E-state index contributed by atoms with van der Waals surface area (Å²) in [7, 11) is 0. The van der Waals surface area contributed by atoms with Crippen molar-refractivity contribution in [2.45, 2.75) is 57.7 Å². The summed E-state index contributed by atoms with van der Waals surface area (Å²) in [5.41, 5.74) is 5.72. The fourth-order valence-corrected chi connectivity index (χ4v) is 1.90. The Labute approximate surface area is 91.2 Å². The van der Waals surface area contributed by atoms with Gasteiger partial charge in [0.15, 0.2) is 0 Å². The van der Waals surface area contributed by atoms with Crippen LogP contribution in [0.15, 0.2) is 0 Å². The van der Waals surface area contributed by atoms with Crippen LogP contribution in [-0.4, -0.2) is 29.2 Å². The molecular weight excluding hydrogens is 192 g/mol.